The van der Waals surface area contributed by atoms with E-state index >= 15 is 0 Å². The maximum Gasteiger partial charge on any atom is 0.293 e. The Balaban J connectivity index is 1.56. The van der Waals surface area contributed by atoms with Crippen molar-refractivity contribution in [3.63, 3.8) is 0 Å². The van der Waals surface area contributed by atoms with E-state index in [2.05, 4.69) is 11.1 Å². The molecule has 9 nitrogen and oxygen atoms in total. The van der Waals surface area contributed by atoms with Crippen LogP contribution in [0.4, 0.5) is 16.5 Å². The van der Waals surface area contributed by atoms with Crippen LogP contribution in [0.15, 0.2) is 54.7 Å². The summed E-state index contributed by atoms with van der Waals surface area (Å²) >= 11 is 1.43. The predicted molar refractivity (Wildman–Crippen MR) is 140 cm³/mol. The first-order valence-electron chi connectivity index (χ1n) is 11.6. The molecule has 1 amide bonds. The highest BCUT2D eigenvalue weighted by atomic mass is 32.1. The number of fused-ring (bicyclic) bond motifs is 1. The third-order valence-electron chi connectivity index (χ3n) is 6.10. The van der Waals surface area contributed by atoms with Gasteiger partial charge in [-0.05, 0) is 55.3 Å². The van der Waals surface area contributed by atoms with E-state index < -0.39 is 4.92 Å². The number of rotatable bonds is 6. The maximum absolute atomic E-state index is 13.8. The molecule has 0 N–H and O–H groups in total. The van der Waals surface area contributed by atoms with Crippen LogP contribution in [0.5, 0.6) is 0 Å². The van der Waals surface area contributed by atoms with Gasteiger partial charge in [-0.25, -0.2) is 4.98 Å². The van der Waals surface area contributed by atoms with Crippen molar-refractivity contribution in [1.82, 2.24) is 9.97 Å². The Morgan fingerprint density at radius 3 is 2.69 bits per heavy atom. The fraction of sp³-hybridized carbons (Fsp3) is 0.269. The maximum atomic E-state index is 13.8. The summed E-state index contributed by atoms with van der Waals surface area (Å²) in [7, 11) is 0. The molecule has 0 aliphatic carbocycles. The van der Waals surface area contributed by atoms with Crippen LogP contribution < -0.4 is 9.80 Å². The molecular formula is C26H25N5O4S. The van der Waals surface area contributed by atoms with Gasteiger partial charge in [-0.1, -0.05) is 23.5 Å². The van der Waals surface area contributed by atoms with E-state index in [1.807, 2.05) is 43.0 Å². The molecule has 0 unspecified atom stereocenters. The number of anilines is 2. The third kappa shape index (κ3) is 4.77. The molecule has 36 heavy (non-hydrogen) atoms. The summed E-state index contributed by atoms with van der Waals surface area (Å²) in [6.07, 6.45) is 1.67. The van der Waals surface area contributed by atoms with Gasteiger partial charge in [-0.3, -0.25) is 24.8 Å². The van der Waals surface area contributed by atoms with Gasteiger partial charge in [0.1, 0.15) is 5.69 Å². The summed E-state index contributed by atoms with van der Waals surface area (Å²) in [5.41, 5.74) is 4.30. The predicted octanol–water partition coefficient (Wildman–Crippen LogP) is 4.90. The topological polar surface area (TPSA) is 102 Å². The molecule has 0 atom stereocenters. The molecule has 0 radical (unpaired) electrons. The Morgan fingerprint density at radius 1 is 1.17 bits per heavy atom. The standard InChI is InChI=1S/C26H25N5O4S/c1-17-13-18(2)24-21(14-17)28-26(36-24)30(16-20-5-3-4-8-27-20)25(32)19-6-7-22(23(15-19)31(33)34)29-9-11-35-12-10-29/h3-8,13-15H,9-12,16H2,1-2H3. The van der Waals surface area contributed by atoms with E-state index in [9.17, 15) is 14.9 Å². The Bertz CT molecular complexity index is 1430. The third-order valence-corrected chi connectivity index (χ3v) is 7.33. The molecule has 184 valence electrons. The first kappa shape index (κ1) is 23.8. The van der Waals surface area contributed by atoms with Gasteiger partial charge in [0.25, 0.3) is 11.6 Å². The molecule has 1 fully saturated rings. The number of benzene rings is 2. The molecule has 10 heteroatoms. The number of nitrogens with zero attached hydrogens (tertiary/aromatic N) is 5. The number of hydrogen-bond acceptors (Lipinski definition) is 8. The van der Waals surface area contributed by atoms with Gasteiger partial charge in [0.15, 0.2) is 5.13 Å². The lowest BCUT2D eigenvalue weighted by atomic mass is 10.1. The summed E-state index contributed by atoms with van der Waals surface area (Å²) in [5.74, 6) is -0.370. The fourth-order valence-electron chi connectivity index (χ4n) is 4.39. The van der Waals surface area contributed by atoms with Gasteiger partial charge >= 0.3 is 0 Å². The highest BCUT2D eigenvalue weighted by Gasteiger charge is 2.27. The summed E-state index contributed by atoms with van der Waals surface area (Å²) in [4.78, 5) is 38.0. The number of aryl methyl sites for hydroxylation is 2. The van der Waals surface area contributed by atoms with Crippen molar-refractivity contribution in [3.05, 3.63) is 87.2 Å². The summed E-state index contributed by atoms with van der Waals surface area (Å²) in [5, 5.41) is 12.5. The molecular weight excluding hydrogens is 478 g/mol. The average molecular weight is 504 g/mol. The van der Waals surface area contributed by atoms with E-state index in [-0.39, 0.29) is 23.7 Å². The minimum absolute atomic E-state index is 0.101. The molecule has 2 aromatic carbocycles. The van der Waals surface area contributed by atoms with Gasteiger partial charge in [0.2, 0.25) is 0 Å². The fourth-order valence-corrected chi connectivity index (χ4v) is 5.40. The summed E-state index contributed by atoms with van der Waals surface area (Å²) in [6, 6.07) is 14.3. The van der Waals surface area contributed by atoms with E-state index in [1.165, 1.54) is 17.4 Å². The Morgan fingerprint density at radius 2 is 1.97 bits per heavy atom. The highest BCUT2D eigenvalue weighted by Crippen LogP contribution is 2.35. The van der Waals surface area contributed by atoms with Crippen LogP contribution in [0.25, 0.3) is 10.2 Å². The summed E-state index contributed by atoms with van der Waals surface area (Å²) in [6.45, 7) is 6.36. The first-order valence-corrected chi connectivity index (χ1v) is 12.4. The molecule has 0 saturated carbocycles. The van der Waals surface area contributed by atoms with Crippen LogP contribution >= 0.6 is 11.3 Å². The number of amides is 1. The van der Waals surface area contributed by atoms with Crippen LogP contribution in [0.1, 0.15) is 27.2 Å². The second kappa shape index (κ2) is 10.00. The highest BCUT2D eigenvalue weighted by molar-refractivity contribution is 7.22. The molecule has 2 aromatic heterocycles. The molecule has 3 heterocycles. The molecule has 0 bridgehead atoms. The normalized spacial score (nSPS) is 13.7. The smallest absolute Gasteiger partial charge is 0.293 e. The second-order valence-corrected chi connectivity index (χ2v) is 9.68. The monoisotopic (exact) mass is 503 g/mol. The number of hydrogen-bond donors (Lipinski definition) is 0. The SMILES string of the molecule is Cc1cc(C)c2sc(N(Cc3ccccn3)C(=O)c3ccc(N4CCOCC4)c([N+](=O)[O-])c3)nc2c1. The molecule has 1 aliphatic rings. The number of carbonyl (C=O) groups excluding carboxylic acids is 1. The minimum atomic E-state index is -0.436. The second-order valence-electron chi connectivity index (χ2n) is 8.70. The lowest BCUT2D eigenvalue weighted by Crippen LogP contribution is -2.36. The van der Waals surface area contributed by atoms with Crippen molar-refractivity contribution in [2.24, 2.45) is 0 Å². The number of nitro benzene ring substituents is 1. The van der Waals surface area contributed by atoms with Crippen molar-refractivity contribution in [1.29, 1.82) is 0 Å². The van der Waals surface area contributed by atoms with Crippen molar-refractivity contribution >= 4 is 44.0 Å². The molecule has 4 aromatic rings. The quantitative estimate of drug-likeness (QED) is 0.272. The lowest BCUT2D eigenvalue weighted by molar-refractivity contribution is -0.384. The molecule has 1 aliphatic heterocycles. The van der Waals surface area contributed by atoms with E-state index in [4.69, 9.17) is 9.72 Å². The van der Waals surface area contributed by atoms with Crippen molar-refractivity contribution < 1.29 is 14.5 Å². The zero-order valence-electron chi connectivity index (χ0n) is 20.0. The molecule has 5 rings (SSSR count). The number of carbonyl (C=O) groups is 1. The largest absolute Gasteiger partial charge is 0.378 e. The van der Waals surface area contributed by atoms with Crippen LogP contribution in [-0.2, 0) is 11.3 Å². The summed E-state index contributed by atoms with van der Waals surface area (Å²) < 4.78 is 6.38. The zero-order chi connectivity index (χ0) is 25.2. The number of pyridine rings is 1. The number of nitro groups is 1. The van der Waals surface area contributed by atoms with Gasteiger partial charge < -0.3 is 9.64 Å². The van der Waals surface area contributed by atoms with Gasteiger partial charge in [0, 0.05) is 30.9 Å². The van der Waals surface area contributed by atoms with Crippen LogP contribution in [-0.4, -0.2) is 47.1 Å². The van der Waals surface area contributed by atoms with E-state index in [0.29, 0.717) is 42.8 Å². The number of morpholine rings is 1. The first-order chi connectivity index (χ1) is 17.4. The minimum Gasteiger partial charge on any atom is -0.378 e. The van der Waals surface area contributed by atoms with Crippen LogP contribution in [0.3, 0.4) is 0 Å². The molecule has 0 spiro atoms. The Hall–Kier alpha value is -3.89. The Kier molecular flexibility index (Phi) is 6.62. The average Bonchev–Trinajstić information content (AvgIpc) is 3.32. The number of aromatic nitrogens is 2. The van der Waals surface area contributed by atoms with Crippen LogP contribution in [0.2, 0.25) is 0 Å². The molecule has 1 saturated heterocycles. The van der Waals surface area contributed by atoms with Crippen molar-refractivity contribution in [2.45, 2.75) is 20.4 Å². The van der Waals surface area contributed by atoms with Crippen LogP contribution in [0, 0.1) is 24.0 Å². The van der Waals surface area contributed by atoms with Crippen molar-refractivity contribution in [2.75, 3.05) is 36.1 Å². The van der Waals surface area contributed by atoms with Gasteiger partial charge in [-0.2, -0.15) is 0 Å². The number of ether oxygens (including phenoxy) is 1. The Labute approximate surface area is 212 Å². The lowest BCUT2D eigenvalue weighted by Gasteiger charge is -2.28. The zero-order valence-corrected chi connectivity index (χ0v) is 20.8. The van der Waals surface area contributed by atoms with E-state index in [0.717, 1.165) is 21.3 Å². The van der Waals surface area contributed by atoms with E-state index in [1.54, 1.807) is 23.2 Å². The van der Waals surface area contributed by atoms with Crippen molar-refractivity contribution in [3.8, 4) is 0 Å². The van der Waals surface area contributed by atoms with Gasteiger partial charge in [-0.15, -0.1) is 0 Å². The number of thiazole rings is 1. The van der Waals surface area contributed by atoms with Gasteiger partial charge in [0.05, 0.1) is 40.6 Å².